The quantitative estimate of drug-likeness (QED) is 0.0767. The Morgan fingerprint density at radius 2 is 1.11 bits per heavy atom. The van der Waals surface area contributed by atoms with Crippen LogP contribution in [0.4, 0.5) is 0 Å². The molecule has 1 heterocycles. The Hall–Kier alpha value is -4.36. The number of hydrogen-bond acceptors (Lipinski definition) is 7. The fraction of sp³-hybridized carbons (Fsp3) is 0.0857. The van der Waals surface area contributed by atoms with Crippen molar-refractivity contribution in [1.82, 2.24) is 4.90 Å². The second kappa shape index (κ2) is 20.7. The number of benzene rings is 4. The molecule has 5 aromatic rings. The van der Waals surface area contributed by atoms with Crippen LogP contribution in [0, 0.1) is 4.91 Å². The summed E-state index contributed by atoms with van der Waals surface area (Å²) in [5.41, 5.74) is 6.03. The van der Waals surface area contributed by atoms with E-state index in [1.807, 2.05) is 30.3 Å². The molecule has 0 saturated carbocycles. The molecule has 2 amide bonds. The van der Waals surface area contributed by atoms with Crippen molar-refractivity contribution in [2.75, 3.05) is 12.9 Å². The fourth-order valence-corrected chi connectivity index (χ4v) is 7.76. The molecule has 5 aromatic carbocycles. The average molecular weight is 841 g/mol. The molecule has 0 bridgehead atoms. The normalized spacial score (nSPS) is 12.4. The molecule has 47 heavy (non-hydrogen) atoms. The Balaban J connectivity index is 0.000000267. The van der Waals surface area contributed by atoms with E-state index >= 15 is 0 Å². The molecule has 243 valence electrons. The number of hydrogen-bond donors (Lipinski definition) is 0. The summed E-state index contributed by atoms with van der Waals surface area (Å²) in [7, 11) is 0.179. The maximum Gasteiger partial charge on any atom is 0.330 e. The summed E-state index contributed by atoms with van der Waals surface area (Å²) in [5.74, 6) is -3.06. The van der Waals surface area contributed by atoms with Crippen molar-refractivity contribution in [1.29, 1.82) is 0 Å². The summed E-state index contributed by atoms with van der Waals surface area (Å²) in [6.07, 6.45) is 0. The largest absolute Gasteiger partial charge is 0.772 e. The van der Waals surface area contributed by atoms with Gasteiger partial charge in [-0.15, -0.1) is 0 Å². The number of nitrogens with zero attached hydrogens (tertiary/aromatic N) is 2. The predicted octanol–water partition coefficient (Wildman–Crippen LogP) is 4.61. The third-order valence-corrected chi connectivity index (χ3v) is 9.97. The van der Waals surface area contributed by atoms with Crippen LogP contribution in [0.2, 0.25) is 0 Å². The van der Waals surface area contributed by atoms with Gasteiger partial charge in [0.05, 0.1) is 26.2 Å². The van der Waals surface area contributed by atoms with Crippen LogP contribution in [0.25, 0.3) is 5.59 Å². The maximum atomic E-state index is 12.1. The van der Waals surface area contributed by atoms with Gasteiger partial charge in [0.2, 0.25) is 0 Å². The number of methoxy groups -OCH3 is 1. The third-order valence-electron chi connectivity index (χ3n) is 6.65. The number of fused-ring (bicyclic) bond motifs is 1. The molecule has 9 nitrogen and oxygen atoms in total. The van der Waals surface area contributed by atoms with Gasteiger partial charge in [-0.25, -0.2) is 16.9 Å². The summed E-state index contributed by atoms with van der Waals surface area (Å²) < 4.78 is 26.1. The standard InChI is InChI=1S/C18H15P.C12H11NO6S.C5H5.NO.Re/c1-4-10-16(11-5-1)19(17-12-6-2-7-13-17)18-14-8-3-9-15-18;1-19-12(16)9(6-20(17)18)13-10(14)7-4-2-3-5-8(7)11(13)15;1-2-4-5-3-1;1-2;/h1-15H;2-5,9H,6H2,1H3,(H,17,18);1-5H;;/q;;2*-1;. The maximum absolute atomic E-state index is 12.1. The molecule has 0 saturated heterocycles. The summed E-state index contributed by atoms with van der Waals surface area (Å²) in [5, 5.41) is 4.31. The van der Waals surface area contributed by atoms with E-state index in [0.717, 1.165) is 7.11 Å². The number of amides is 2. The van der Waals surface area contributed by atoms with Gasteiger partial charge < -0.3 is 19.8 Å². The first-order chi connectivity index (χ1) is 22.4. The van der Waals surface area contributed by atoms with E-state index in [2.05, 4.69) is 95.7 Å². The topological polar surface area (TPSA) is 143 Å². The fourth-order valence-electron chi connectivity index (χ4n) is 4.64. The van der Waals surface area contributed by atoms with Crippen molar-refractivity contribution >= 4 is 52.7 Å². The first-order valence-electron chi connectivity index (χ1n) is 13.9. The molecule has 2 atom stereocenters. The van der Waals surface area contributed by atoms with Crippen molar-refractivity contribution < 1.29 is 48.3 Å². The molecule has 0 N–H and O–H groups in total. The SMILES string of the molecule is COC(=O)C(CS(=O)[O-])N1C(=O)c2ccccc2C1=O.[N-]=O.[Re].c1cc[cH-]c1.c1ccc([PH+](c2ccccc2)c2ccccc2)cc1. The first kappa shape index (κ1) is 38.8. The summed E-state index contributed by atoms with van der Waals surface area (Å²) >= 11 is -2.61. The minimum Gasteiger partial charge on any atom is -0.772 e. The predicted molar refractivity (Wildman–Crippen MR) is 182 cm³/mol. The zero-order valence-electron chi connectivity index (χ0n) is 25.2. The Morgan fingerprint density at radius 3 is 1.40 bits per heavy atom. The zero-order chi connectivity index (χ0) is 33.3. The number of ether oxygens (including phenoxy) is 1. The van der Waals surface area contributed by atoms with E-state index in [9.17, 15) is 23.1 Å². The van der Waals surface area contributed by atoms with Crippen molar-refractivity contribution in [3.05, 3.63) is 167 Å². The van der Waals surface area contributed by atoms with Crippen molar-refractivity contribution in [2.24, 2.45) is 0 Å². The second-order valence-corrected chi connectivity index (χ2v) is 12.9. The Kier molecular flexibility index (Phi) is 17.1. The van der Waals surface area contributed by atoms with Gasteiger partial charge in [-0.3, -0.25) is 18.7 Å². The van der Waals surface area contributed by atoms with E-state index in [0.29, 0.717) is 4.90 Å². The van der Waals surface area contributed by atoms with Gasteiger partial charge in [0, 0.05) is 26.2 Å². The first-order valence-corrected chi connectivity index (χ1v) is 16.7. The van der Waals surface area contributed by atoms with Crippen LogP contribution in [-0.4, -0.2) is 50.3 Å². The van der Waals surface area contributed by atoms with Crippen LogP contribution in [0.1, 0.15) is 20.7 Å². The summed E-state index contributed by atoms with van der Waals surface area (Å²) in [6, 6.07) is 47.1. The van der Waals surface area contributed by atoms with Gasteiger partial charge in [0.25, 0.3) is 11.8 Å². The Bertz CT molecular complexity index is 1550. The van der Waals surface area contributed by atoms with Gasteiger partial charge in [-0.1, -0.05) is 77.8 Å². The molecule has 1 aliphatic heterocycles. The van der Waals surface area contributed by atoms with Crippen molar-refractivity contribution in [3.63, 3.8) is 0 Å². The molecule has 1 aliphatic rings. The summed E-state index contributed by atoms with van der Waals surface area (Å²) in [6.45, 7) is 0. The molecule has 0 aromatic heterocycles. The molecule has 0 aliphatic carbocycles. The Morgan fingerprint density at radius 1 is 0.745 bits per heavy atom. The van der Waals surface area contributed by atoms with E-state index in [4.69, 9.17) is 10.5 Å². The monoisotopic (exact) mass is 841 g/mol. The third kappa shape index (κ3) is 10.9. The second-order valence-electron chi connectivity index (χ2n) is 9.47. The minimum absolute atomic E-state index is 0. The van der Waals surface area contributed by atoms with Gasteiger partial charge in [-0.2, -0.15) is 18.2 Å². The van der Waals surface area contributed by atoms with Crippen LogP contribution >= 0.6 is 7.92 Å². The van der Waals surface area contributed by atoms with E-state index < -0.39 is 48.6 Å². The van der Waals surface area contributed by atoms with E-state index in [-0.39, 0.29) is 31.5 Å². The van der Waals surface area contributed by atoms with Gasteiger partial charge in [0.15, 0.2) is 0 Å². The smallest absolute Gasteiger partial charge is 0.330 e. The molecule has 12 heteroatoms. The Labute approximate surface area is 290 Å². The summed E-state index contributed by atoms with van der Waals surface area (Å²) in [4.78, 5) is 43.8. The van der Waals surface area contributed by atoms with Crippen LogP contribution in [0.3, 0.4) is 0 Å². The van der Waals surface area contributed by atoms with E-state index in [1.165, 1.54) is 28.0 Å². The van der Waals surface area contributed by atoms with Gasteiger partial charge >= 0.3 is 5.97 Å². The number of carbonyl (C=O) groups is 3. The molecule has 1 radical (unpaired) electrons. The minimum atomic E-state index is -2.61. The number of nitroso groups, excluding NO2 is 1. The molecule has 6 rings (SSSR count). The van der Waals surface area contributed by atoms with Crippen LogP contribution < -0.4 is 15.9 Å². The average Bonchev–Trinajstić information content (AvgIpc) is 3.78. The van der Waals surface area contributed by atoms with Crippen LogP contribution in [-0.2, 0) is 41.0 Å². The molecular formula is C35H31N2O7PReS-2. The number of esters is 1. The van der Waals surface area contributed by atoms with Gasteiger partial charge in [0.1, 0.15) is 22.0 Å². The molecule has 0 spiro atoms. The van der Waals surface area contributed by atoms with Crippen LogP contribution in [0.15, 0.2) is 146 Å². The number of imide groups is 1. The number of carbonyl (C=O) groups excluding carboxylic acids is 3. The zero-order valence-corrected chi connectivity index (χ0v) is 29.7. The van der Waals surface area contributed by atoms with Gasteiger partial charge in [-0.05, 0) is 48.5 Å². The van der Waals surface area contributed by atoms with E-state index in [1.54, 1.807) is 12.1 Å². The molecule has 2 unspecified atom stereocenters. The van der Waals surface area contributed by atoms with Crippen LogP contribution in [0.5, 0.6) is 0 Å². The van der Waals surface area contributed by atoms with Crippen molar-refractivity contribution in [2.45, 2.75) is 6.04 Å². The molecule has 0 fully saturated rings. The van der Waals surface area contributed by atoms with Crippen molar-refractivity contribution in [3.8, 4) is 0 Å². The number of rotatable bonds is 7. The molecular weight excluding hydrogens is 810 g/mol.